The zero-order valence-corrected chi connectivity index (χ0v) is 55.9. The van der Waals surface area contributed by atoms with E-state index in [9.17, 15) is 82.4 Å². The van der Waals surface area contributed by atoms with Crippen LogP contribution in [0.1, 0.15) is 76.0 Å². The van der Waals surface area contributed by atoms with Crippen molar-refractivity contribution < 1.29 is 82.4 Å². The Bertz CT molecular complexity index is 3580. The van der Waals surface area contributed by atoms with E-state index in [-0.39, 0.29) is 61.7 Å². The highest BCUT2D eigenvalue weighted by Crippen LogP contribution is 2.24. The summed E-state index contributed by atoms with van der Waals surface area (Å²) in [6.07, 6.45) is -1.62. The number of rotatable bonds is 19. The summed E-state index contributed by atoms with van der Waals surface area (Å²) in [5.41, 5.74) is 23.9. The number of carbonyl (C=O) groups is 14. The van der Waals surface area contributed by atoms with Crippen molar-refractivity contribution in [3.63, 3.8) is 0 Å². The number of aliphatic hydroxyl groups excluding tert-OH is 1. The lowest BCUT2D eigenvalue weighted by Gasteiger charge is -2.28. The highest BCUT2D eigenvalue weighted by Gasteiger charge is 2.37. The average molecular weight is 1420 g/mol. The molecule has 99 heavy (non-hydrogen) atoms. The number of para-hydroxylation sites is 1. The molecule has 3 aromatic carbocycles. The molecule has 0 aliphatic carbocycles. The fourth-order valence-corrected chi connectivity index (χ4v) is 12.2. The van der Waals surface area contributed by atoms with Crippen LogP contribution in [0.15, 0.2) is 79.0 Å². The standard InChI is InChI=1S/C62H84N18O17S2/c1-30-52(88)76-45(25-35-26-69-39-8-5-4-7-38(35)39)59(95)73-40(9-6-22-68-62(66)67)56(92)77-44(24-34-12-16-37(84)17-13-34)58(94)79-46(27-81)60(96)75-42(19-21-50(64)86)55(91)71-31(2)53(89)80-47(51(65)87)28-98-99-29-48(72-32(3)82)61(97)78-43(23-33-10-14-36(83)15-11-33)57(93)74-41(54(90)70-30)18-20-49(63)85/h4-5,7-8,10-17,26,30-31,40-48,69,81,83-84H,6,9,18-25,27-29H2,1-3H3,(H2,63,85)(H2,64,86)(H2,65,87)(H,70,90)(H,71,91)(H,72,82)(H,73,95)(H,74,93)(H,75,96)(H,76,88)(H,77,92)(H,78,97)(H,79,94)(H,80,89)(H4,66,67,68)/t30-,31-,40-,41-,42?,43?,44?,45?,46-,47?,48-/m0/s1. The normalized spacial score (nSPS) is 23.6. The van der Waals surface area contributed by atoms with Gasteiger partial charge >= 0.3 is 0 Å². The molecule has 5 unspecified atom stereocenters. The lowest BCUT2D eigenvalue weighted by molar-refractivity contribution is -0.136. The Hall–Kier alpha value is -10.7. The van der Waals surface area contributed by atoms with Gasteiger partial charge in [0, 0.05) is 74.2 Å². The first-order valence-electron chi connectivity index (χ1n) is 31.1. The van der Waals surface area contributed by atoms with Gasteiger partial charge in [-0.2, -0.15) is 0 Å². The molecule has 1 aromatic heterocycles. The largest absolute Gasteiger partial charge is 0.508 e. The van der Waals surface area contributed by atoms with Gasteiger partial charge in [-0.3, -0.25) is 72.5 Å². The maximum Gasteiger partial charge on any atom is 0.245 e. The number of nitrogens with one attached hydrogen (secondary N) is 14. The summed E-state index contributed by atoms with van der Waals surface area (Å²) in [5.74, 6) is -15.4. The molecule has 2 heterocycles. The Morgan fingerprint density at radius 2 is 0.929 bits per heavy atom. The predicted molar refractivity (Wildman–Crippen MR) is 361 cm³/mol. The van der Waals surface area contributed by atoms with E-state index in [0.29, 0.717) is 27.6 Å². The molecule has 25 N–H and O–H groups in total. The second-order valence-electron chi connectivity index (χ2n) is 23.2. The van der Waals surface area contributed by atoms with Gasteiger partial charge in [-0.05, 0) is 86.6 Å². The van der Waals surface area contributed by atoms with E-state index in [1.807, 2.05) is 0 Å². The molecule has 0 bridgehead atoms. The quantitative estimate of drug-likeness (QED) is 0.0180. The summed E-state index contributed by atoms with van der Waals surface area (Å²) in [6, 6.07) is 0.0836. The molecule has 4 aromatic rings. The Balaban J connectivity index is 1.60. The van der Waals surface area contributed by atoms with Crippen LogP contribution in [0.3, 0.4) is 0 Å². The number of primary amides is 3. The monoisotopic (exact) mass is 1420 g/mol. The molecule has 0 radical (unpaired) electrons. The second kappa shape index (κ2) is 38.9. The topological polar surface area (TPSA) is 588 Å². The van der Waals surface area contributed by atoms with E-state index >= 15 is 0 Å². The molecule has 37 heteroatoms. The van der Waals surface area contributed by atoms with Crippen molar-refractivity contribution in [1.82, 2.24) is 68.8 Å². The SMILES string of the molecule is CC(=O)N[C@H]1CSSCC(C(N)=O)NC(=O)[C@H](C)NC(=O)C(CCC(N)=O)NC(=O)[C@H](CO)NC(=O)C(Cc2ccc(O)cc2)NC(=O)[C@H](CCCNC(=N)N)NC(=O)C(Cc2c[nH]c3ccccc23)NC(=O)[C@H](C)NC(=O)[C@H](CCC(N)=O)NC(=O)C(Cc2ccc(O)cc2)NC1=O. The van der Waals surface area contributed by atoms with Crippen molar-refractivity contribution in [2.24, 2.45) is 22.9 Å². The van der Waals surface area contributed by atoms with Crippen molar-refractivity contribution in [2.75, 3.05) is 24.7 Å². The van der Waals surface area contributed by atoms with Gasteiger partial charge in [-0.25, -0.2) is 0 Å². The van der Waals surface area contributed by atoms with E-state index in [1.54, 1.807) is 30.5 Å². The van der Waals surface area contributed by atoms with Gasteiger partial charge < -0.3 is 107 Å². The van der Waals surface area contributed by atoms with Gasteiger partial charge in [-0.15, -0.1) is 0 Å². The van der Waals surface area contributed by atoms with Crippen LogP contribution in [-0.2, 0) is 86.4 Å². The Kier molecular flexibility index (Phi) is 31.0. The number of H-pyrrole nitrogens is 1. The van der Waals surface area contributed by atoms with Crippen LogP contribution in [0.25, 0.3) is 10.9 Å². The lowest BCUT2D eigenvalue weighted by Crippen LogP contribution is -2.61. The van der Waals surface area contributed by atoms with Crippen LogP contribution >= 0.6 is 21.6 Å². The predicted octanol–water partition coefficient (Wildman–Crippen LogP) is -5.33. The van der Waals surface area contributed by atoms with Crippen molar-refractivity contribution in [3.8, 4) is 11.5 Å². The van der Waals surface area contributed by atoms with Crippen molar-refractivity contribution in [3.05, 3.63) is 95.7 Å². The molecule has 1 fully saturated rings. The number of aliphatic hydroxyl groups is 1. The van der Waals surface area contributed by atoms with Crippen LogP contribution in [0.4, 0.5) is 0 Å². The number of benzene rings is 3. The molecular weight excluding hydrogens is 1330 g/mol. The zero-order valence-electron chi connectivity index (χ0n) is 54.2. The van der Waals surface area contributed by atoms with Gasteiger partial charge in [0.15, 0.2) is 5.96 Å². The second-order valence-corrected chi connectivity index (χ2v) is 25.7. The number of amides is 14. The van der Waals surface area contributed by atoms with E-state index < -0.39 is 187 Å². The minimum absolute atomic E-state index is 0.0111. The summed E-state index contributed by atoms with van der Waals surface area (Å²) in [5, 5.41) is 68.9. The van der Waals surface area contributed by atoms with Gasteiger partial charge in [0.25, 0.3) is 0 Å². The Labute approximate surface area is 575 Å². The van der Waals surface area contributed by atoms with Gasteiger partial charge in [0.05, 0.1) is 6.61 Å². The molecule has 0 spiro atoms. The molecule has 1 aliphatic heterocycles. The molecule has 5 rings (SSSR count). The molecule has 1 aliphatic rings. The molecular formula is C62H84N18O17S2. The smallest absolute Gasteiger partial charge is 0.245 e. The molecule has 0 saturated carbocycles. The zero-order chi connectivity index (χ0) is 73.0. The molecule has 14 amide bonds. The van der Waals surface area contributed by atoms with Gasteiger partial charge in [0.2, 0.25) is 82.7 Å². The first-order valence-corrected chi connectivity index (χ1v) is 33.6. The number of aromatic hydroxyl groups is 2. The van der Waals surface area contributed by atoms with Crippen LogP contribution < -0.4 is 86.7 Å². The first-order chi connectivity index (χ1) is 46.9. The Morgan fingerprint density at radius 1 is 0.515 bits per heavy atom. The number of carbonyl (C=O) groups excluding carboxylic acids is 14. The number of hydrogen-bond donors (Lipinski definition) is 21. The summed E-state index contributed by atoms with van der Waals surface area (Å²) in [6.45, 7) is 2.36. The maximum absolute atomic E-state index is 14.9. The van der Waals surface area contributed by atoms with Crippen molar-refractivity contribution in [2.45, 2.75) is 145 Å². The van der Waals surface area contributed by atoms with Crippen LogP contribution in [0.2, 0.25) is 0 Å². The Morgan fingerprint density at radius 3 is 1.41 bits per heavy atom. The minimum atomic E-state index is -1.91. The number of aromatic amines is 1. The average Bonchev–Trinajstić information content (AvgIpc) is 1.75. The number of fused-ring (bicyclic) bond motifs is 1. The summed E-state index contributed by atoms with van der Waals surface area (Å²) >= 11 is 0. The van der Waals surface area contributed by atoms with Crippen LogP contribution in [-0.4, -0.2) is 200 Å². The summed E-state index contributed by atoms with van der Waals surface area (Å²) < 4.78 is 0. The number of nitrogens with two attached hydrogens (primary N) is 4. The van der Waals surface area contributed by atoms with E-state index in [4.69, 9.17) is 28.3 Å². The number of phenols is 2. The third-order valence-corrected chi connectivity index (χ3v) is 17.6. The minimum Gasteiger partial charge on any atom is -0.508 e. The van der Waals surface area contributed by atoms with E-state index in [2.05, 4.69) is 68.8 Å². The van der Waals surface area contributed by atoms with Crippen molar-refractivity contribution in [1.29, 1.82) is 5.41 Å². The van der Waals surface area contributed by atoms with E-state index in [1.165, 1.54) is 62.4 Å². The molecule has 35 nitrogen and oxygen atoms in total. The van der Waals surface area contributed by atoms with Gasteiger partial charge in [0.1, 0.15) is 78.0 Å². The molecule has 11 atom stereocenters. The lowest BCUT2D eigenvalue weighted by atomic mass is 10.0. The van der Waals surface area contributed by atoms with Crippen LogP contribution in [0, 0.1) is 5.41 Å². The number of aromatic nitrogens is 1. The summed E-state index contributed by atoms with van der Waals surface area (Å²) in [7, 11) is 1.81. The summed E-state index contributed by atoms with van der Waals surface area (Å²) in [4.78, 5) is 196. The number of hydrogen-bond acceptors (Lipinski definition) is 20. The van der Waals surface area contributed by atoms with Crippen LogP contribution in [0.5, 0.6) is 11.5 Å². The van der Waals surface area contributed by atoms with Crippen molar-refractivity contribution >= 4 is 121 Å². The fraction of sp³-hybridized carbons (Fsp3) is 0.435. The third kappa shape index (κ3) is 26.3. The fourth-order valence-electron chi connectivity index (χ4n) is 9.83. The highest BCUT2D eigenvalue weighted by molar-refractivity contribution is 8.76. The molecule has 1 saturated heterocycles. The highest BCUT2D eigenvalue weighted by atomic mass is 33.1. The number of phenolic OH excluding ortho intramolecular Hbond substituents is 2. The maximum atomic E-state index is 14.9. The molecule has 536 valence electrons. The third-order valence-electron chi connectivity index (χ3n) is 15.2. The number of guanidine groups is 1. The first kappa shape index (κ1) is 79.0. The van der Waals surface area contributed by atoms with Gasteiger partial charge in [-0.1, -0.05) is 64.1 Å². The van der Waals surface area contributed by atoms with E-state index in [0.717, 1.165) is 28.5 Å².